The summed E-state index contributed by atoms with van der Waals surface area (Å²) in [4.78, 5) is 7.43. The number of hydrogen-bond acceptors (Lipinski definition) is 2. The molecular weight excluding hydrogens is 332 g/mol. The zero-order valence-corrected chi connectivity index (χ0v) is 12.8. The van der Waals surface area contributed by atoms with Crippen molar-refractivity contribution < 1.29 is 0 Å². The van der Waals surface area contributed by atoms with Crippen molar-refractivity contribution in [2.75, 3.05) is 18.5 Å². The van der Waals surface area contributed by atoms with Crippen molar-refractivity contribution in [1.82, 2.24) is 4.98 Å². The van der Waals surface area contributed by atoms with Crippen molar-refractivity contribution in [2.24, 2.45) is 5.92 Å². The standard InChI is InChI=1S/C12H16Br2N2/c1-8-3-12(15-6-11(8)14)16(2)7-9-4-10(13)5-9/h3,6,9-10H,4-5,7H2,1-2H3. The van der Waals surface area contributed by atoms with Crippen LogP contribution in [0.25, 0.3) is 0 Å². The molecule has 2 nitrogen and oxygen atoms in total. The zero-order valence-electron chi connectivity index (χ0n) is 9.58. The third-order valence-electron chi connectivity index (χ3n) is 3.13. The lowest BCUT2D eigenvalue weighted by Crippen LogP contribution is -2.34. The first-order valence-corrected chi connectivity index (χ1v) is 7.24. The number of hydrogen-bond donors (Lipinski definition) is 0. The molecule has 0 amide bonds. The van der Waals surface area contributed by atoms with E-state index in [2.05, 4.69) is 61.8 Å². The summed E-state index contributed by atoms with van der Waals surface area (Å²) in [5.41, 5.74) is 1.24. The van der Waals surface area contributed by atoms with Crippen LogP contribution in [-0.4, -0.2) is 23.4 Å². The van der Waals surface area contributed by atoms with Crippen LogP contribution in [-0.2, 0) is 0 Å². The van der Waals surface area contributed by atoms with Crippen molar-refractivity contribution in [3.8, 4) is 0 Å². The Kier molecular flexibility index (Phi) is 3.90. The molecule has 88 valence electrons. The lowest BCUT2D eigenvalue weighted by molar-refractivity contribution is 0.338. The molecule has 1 heterocycles. The van der Waals surface area contributed by atoms with Gasteiger partial charge in [0.2, 0.25) is 0 Å². The summed E-state index contributed by atoms with van der Waals surface area (Å²) in [5.74, 6) is 1.89. The van der Waals surface area contributed by atoms with Crippen LogP contribution in [0.2, 0.25) is 0 Å². The molecule has 0 saturated heterocycles. The average molecular weight is 348 g/mol. The van der Waals surface area contributed by atoms with Gasteiger partial charge in [-0.15, -0.1) is 0 Å². The van der Waals surface area contributed by atoms with Gasteiger partial charge >= 0.3 is 0 Å². The molecule has 1 aliphatic carbocycles. The zero-order chi connectivity index (χ0) is 11.7. The second-order valence-electron chi connectivity index (χ2n) is 4.61. The fourth-order valence-corrected chi connectivity index (χ4v) is 3.29. The van der Waals surface area contributed by atoms with Gasteiger partial charge in [-0.2, -0.15) is 0 Å². The van der Waals surface area contributed by atoms with E-state index in [1.165, 1.54) is 18.4 Å². The molecule has 0 aliphatic heterocycles. The smallest absolute Gasteiger partial charge is 0.128 e. The molecule has 0 radical (unpaired) electrons. The van der Waals surface area contributed by atoms with Gasteiger partial charge in [0.1, 0.15) is 5.82 Å². The lowest BCUT2D eigenvalue weighted by Gasteiger charge is -2.34. The van der Waals surface area contributed by atoms with Crippen molar-refractivity contribution >= 4 is 37.7 Å². The molecule has 4 heteroatoms. The Morgan fingerprint density at radius 1 is 1.50 bits per heavy atom. The van der Waals surface area contributed by atoms with Gasteiger partial charge in [-0.3, -0.25) is 0 Å². The monoisotopic (exact) mass is 346 g/mol. The van der Waals surface area contributed by atoms with E-state index in [-0.39, 0.29) is 0 Å². The highest BCUT2D eigenvalue weighted by molar-refractivity contribution is 9.10. The Bertz CT molecular complexity index is 375. The molecule has 2 rings (SSSR count). The molecule has 0 unspecified atom stereocenters. The van der Waals surface area contributed by atoms with Crippen molar-refractivity contribution in [1.29, 1.82) is 0 Å². The number of anilines is 1. The molecular formula is C12H16Br2N2. The van der Waals surface area contributed by atoms with Crippen LogP contribution in [0.15, 0.2) is 16.7 Å². The summed E-state index contributed by atoms with van der Waals surface area (Å²) in [6.45, 7) is 3.21. The predicted molar refractivity (Wildman–Crippen MR) is 75.4 cm³/mol. The van der Waals surface area contributed by atoms with Crippen LogP contribution in [0.1, 0.15) is 18.4 Å². The number of aromatic nitrogens is 1. The SMILES string of the molecule is Cc1cc(N(C)CC2CC(Br)C2)ncc1Br. The molecule has 16 heavy (non-hydrogen) atoms. The molecule has 0 spiro atoms. The first-order chi connectivity index (χ1) is 7.56. The highest BCUT2D eigenvalue weighted by atomic mass is 79.9. The van der Waals surface area contributed by atoms with Crippen molar-refractivity contribution in [3.05, 3.63) is 22.3 Å². The maximum atomic E-state index is 4.44. The summed E-state index contributed by atoms with van der Waals surface area (Å²) in [6, 6.07) is 2.13. The summed E-state index contributed by atoms with van der Waals surface area (Å²) < 4.78 is 1.08. The predicted octanol–water partition coefficient (Wildman–Crippen LogP) is 3.76. The summed E-state index contributed by atoms with van der Waals surface area (Å²) in [6.07, 6.45) is 4.47. The van der Waals surface area contributed by atoms with Gasteiger partial charge in [-0.05, 0) is 53.2 Å². The van der Waals surface area contributed by atoms with E-state index in [9.17, 15) is 0 Å². The Balaban J connectivity index is 1.97. The summed E-state index contributed by atoms with van der Waals surface area (Å²) >= 11 is 7.10. The molecule has 0 atom stereocenters. The molecule has 0 N–H and O–H groups in total. The minimum Gasteiger partial charge on any atom is -0.359 e. The quantitative estimate of drug-likeness (QED) is 0.774. The molecule has 1 aromatic heterocycles. The molecule has 1 saturated carbocycles. The highest BCUT2D eigenvalue weighted by Gasteiger charge is 2.27. The number of rotatable bonds is 3. The van der Waals surface area contributed by atoms with E-state index in [0.29, 0.717) is 0 Å². The van der Waals surface area contributed by atoms with Crippen LogP contribution in [0.5, 0.6) is 0 Å². The molecule has 1 fully saturated rings. The minimum absolute atomic E-state index is 0.741. The first kappa shape index (κ1) is 12.4. The van der Waals surface area contributed by atoms with Gasteiger partial charge in [-0.25, -0.2) is 4.98 Å². The van der Waals surface area contributed by atoms with E-state index in [0.717, 1.165) is 27.6 Å². The average Bonchev–Trinajstić information content (AvgIpc) is 2.19. The maximum absolute atomic E-state index is 4.44. The Hall–Kier alpha value is -0.0900. The molecule has 0 bridgehead atoms. The van der Waals surface area contributed by atoms with E-state index in [1.54, 1.807) is 0 Å². The van der Waals surface area contributed by atoms with Gasteiger partial charge < -0.3 is 4.90 Å². The van der Waals surface area contributed by atoms with E-state index in [4.69, 9.17) is 0 Å². The maximum Gasteiger partial charge on any atom is 0.128 e. The number of pyridine rings is 1. The van der Waals surface area contributed by atoms with Crippen molar-refractivity contribution in [3.63, 3.8) is 0 Å². The van der Waals surface area contributed by atoms with Gasteiger partial charge in [0, 0.05) is 29.1 Å². The second kappa shape index (κ2) is 5.05. The van der Waals surface area contributed by atoms with Gasteiger partial charge in [0.05, 0.1) is 0 Å². The molecule has 0 aromatic carbocycles. The van der Waals surface area contributed by atoms with E-state index >= 15 is 0 Å². The van der Waals surface area contributed by atoms with E-state index in [1.807, 2.05) is 6.20 Å². The summed E-state index contributed by atoms with van der Waals surface area (Å²) in [5, 5.41) is 0. The first-order valence-electron chi connectivity index (χ1n) is 5.53. The molecule has 1 aromatic rings. The second-order valence-corrected chi connectivity index (χ2v) is 6.76. The van der Waals surface area contributed by atoms with Crippen LogP contribution < -0.4 is 4.90 Å². The van der Waals surface area contributed by atoms with Crippen LogP contribution in [0, 0.1) is 12.8 Å². The van der Waals surface area contributed by atoms with Gasteiger partial charge in [-0.1, -0.05) is 15.9 Å². The lowest BCUT2D eigenvalue weighted by atomic mass is 9.85. The summed E-state index contributed by atoms with van der Waals surface area (Å²) in [7, 11) is 2.12. The largest absolute Gasteiger partial charge is 0.359 e. The van der Waals surface area contributed by atoms with Crippen LogP contribution >= 0.6 is 31.9 Å². The third-order valence-corrected chi connectivity index (χ3v) is 4.71. The number of aryl methyl sites for hydroxylation is 1. The highest BCUT2D eigenvalue weighted by Crippen LogP contribution is 2.34. The van der Waals surface area contributed by atoms with Crippen LogP contribution in [0.3, 0.4) is 0 Å². The fraction of sp³-hybridized carbons (Fsp3) is 0.583. The third kappa shape index (κ3) is 2.77. The topological polar surface area (TPSA) is 16.1 Å². The fourth-order valence-electron chi connectivity index (χ4n) is 2.02. The van der Waals surface area contributed by atoms with Gasteiger partial charge in [0.25, 0.3) is 0 Å². The number of nitrogens with zero attached hydrogens (tertiary/aromatic N) is 2. The minimum atomic E-state index is 0.741. The Labute approximate surface area is 114 Å². The number of alkyl halides is 1. The Morgan fingerprint density at radius 3 is 2.75 bits per heavy atom. The normalized spacial score (nSPS) is 24.0. The van der Waals surface area contributed by atoms with E-state index < -0.39 is 0 Å². The van der Waals surface area contributed by atoms with Crippen LogP contribution in [0.4, 0.5) is 5.82 Å². The van der Waals surface area contributed by atoms with Gasteiger partial charge in [0.15, 0.2) is 0 Å². The Morgan fingerprint density at radius 2 is 2.19 bits per heavy atom. The molecule has 1 aliphatic rings. The van der Waals surface area contributed by atoms with Crippen molar-refractivity contribution in [2.45, 2.75) is 24.6 Å². The number of halogens is 2.